The number of benzene rings is 3. The Morgan fingerprint density at radius 2 is 1.66 bits per heavy atom. The monoisotopic (exact) mass is 470 g/mol. The Morgan fingerprint density at radius 1 is 1.00 bits per heavy atom. The molecule has 7 heteroatoms. The van der Waals surface area contributed by atoms with Gasteiger partial charge in [-0.25, -0.2) is 9.59 Å². The fraction of sp³-hybridized carbons (Fsp3) is 0.250. The number of carbonyl (C=O) groups is 3. The average Bonchev–Trinajstić information content (AvgIpc) is 3.19. The molecule has 0 saturated carbocycles. The van der Waals surface area contributed by atoms with E-state index in [0.717, 1.165) is 33.4 Å². The summed E-state index contributed by atoms with van der Waals surface area (Å²) < 4.78 is 5.56. The number of nitrogens with one attached hydrogen (secondary N) is 1. The second kappa shape index (κ2) is 9.25. The molecule has 0 aromatic heterocycles. The molecule has 35 heavy (non-hydrogen) atoms. The lowest BCUT2D eigenvalue weighted by atomic mass is 9.94. The second-order valence-electron chi connectivity index (χ2n) is 8.95. The lowest BCUT2D eigenvalue weighted by Crippen LogP contribution is -2.48. The number of ether oxygens (including phenoxy) is 1. The molecule has 0 unspecified atom stereocenters. The van der Waals surface area contributed by atoms with Gasteiger partial charge in [-0.2, -0.15) is 0 Å². The van der Waals surface area contributed by atoms with Crippen molar-refractivity contribution in [3.63, 3.8) is 0 Å². The van der Waals surface area contributed by atoms with Crippen molar-refractivity contribution >= 4 is 18.0 Å². The van der Waals surface area contributed by atoms with Crippen LogP contribution in [0.4, 0.5) is 4.79 Å². The summed E-state index contributed by atoms with van der Waals surface area (Å²) in [6, 6.07) is 20.6. The van der Waals surface area contributed by atoms with Gasteiger partial charge in [0.25, 0.3) is 0 Å². The minimum atomic E-state index is -0.966. The molecule has 2 aliphatic rings. The van der Waals surface area contributed by atoms with E-state index < -0.39 is 18.1 Å². The summed E-state index contributed by atoms with van der Waals surface area (Å²) in [5.74, 6) is -1.25. The smallest absolute Gasteiger partial charge is 0.407 e. The molecule has 3 aromatic rings. The van der Waals surface area contributed by atoms with Crippen molar-refractivity contribution in [2.24, 2.45) is 0 Å². The molecule has 1 atom stereocenters. The number of alkyl carbamates (subject to hydrolysis) is 1. The van der Waals surface area contributed by atoms with Crippen LogP contribution in [0.1, 0.15) is 45.5 Å². The predicted octanol–water partition coefficient (Wildman–Crippen LogP) is 4.20. The van der Waals surface area contributed by atoms with E-state index in [1.807, 2.05) is 30.3 Å². The van der Waals surface area contributed by atoms with E-state index in [2.05, 4.69) is 29.6 Å². The third-order valence-corrected chi connectivity index (χ3v) is 6.86. The van der Waals surface area contributed by atoms with Gasteiger partial charge in [0.1, 0.15) is 12.6 Å². The van der Waals surface area contributed by atoms with Crippen LogP contribution in [0.25, 0.3) is 11.1 Å². The van der Waals surface area contributed by atoms with Crippen LogP contribution in [0, 0.1) is 0 Å². The second-order valence-corrected chi connectivity index (χ2v) is 8.95. The molecule has 2 amide bonds. The molecule has 2 N–H and O–H groups in total. The fourth-order valence-electron chi connectivity index (χ4n) is 5.15. The summed E-state index contributed by atoms with van der Waals surface area (Å²) in [4.78, 5) is 38.7. The first-order valence-corrected chi connectivity index (χ1v) is 11.7. The zero-order chi connectivity index (χ0) is 24.5. The number of amides is 2. The summed E-state index contributed by atoms with van der Waals surface area (Å²) in [5, 5.41) is 12.1. The summed E-state index contributed by atoms with van der Waals surface area (Å²) in [5.41, 5.74) is 6.41. The molecular weight excluding hydrogens is 444 g/mol. The van der Waals surface area contributed by atoms with Crippen LogP contribution in [0.2, 0.25) is 0 Å². The van der Waals surface area contributed by atoms with Crippen LogP contribution < -0.4 is 5.32 Å². The van der Waals surface area contributed by atoms with Crippen LogP contribution in [0.15, 0.2) is 66.7 Å². The predicted molar refractivity (Wildman–Crippen MR) is 130 cm³/mol. The minimum absolute atomic E-state index is 0.0545. The van der Waals surface area contributed by atoms with Crippen LogP contribution in [0.5, 0.6) is 0 Å². The SMILES string of the molecule is C[C@@H](NC(=O)OCC1c2ccccc2-c2ccccc21)C(=O)N1CCc2c(cccc2C(=O)O)C1. The highest BCUT2D eigenvalue weighted by Gasteiger charge is 2.31. The van der Waals surface area contributed by atoms with E-state index in [9.17, 15) is 19.5 Å². The largest absolute Gasteiger partial charge is 0.478 e. The van der Waals surface area contributed by atoms with Crippen LogP contribution in [-0.2, 0) is 22.5 Å². The Bertz CT molecular complexity index is 1270. The topological polar surface area (TPSA) is 95.9 Å². The fourth-order valence-corrected chi connectivity index (χ4v) is 5.15. The number of nitrogens with zero attached hydrogens (tertiary/aromatic N) is 1. The first-order valence-electron chi connectivity index (χ1n) is 11.7. The summed E-state index contributed by atoms with van der Waals surface area (Å²) in [6.45, 7) is 2.52. The molecule has 178 valence electrons. The third-order valence-electron chi connectivity index (χ3n) is 6.86. The van der Waals surface area contributed by atoms with E-state index >= 15 is 0 Å². The van der Waals surface area contributed by atoms with E-state index in [0.29, 0.717) is 19.5 Å². The molecule has 1 aliphatic carbocycles. The highest BCUT2D eigenvalue weighted by Crippen LogP contribution is 2.44. The quantitative estimate of drug-likeness (QED) is 0.583. The van der Waals surface area contributed by atoms with Gasteiger partial charge < -0.3 is 20.1 Å². The van der Waals surface area contributed by atoms with Gasteiger partial charge in [0.15, 0.2) is 0 Å². The lowest BCUT2D eigenvalue weighted by molar-refractivity contribution is -0.133. The van der Waals surface area contributed by atoms with Crippen molar-refractivity contribution in [1.82, 2.24) is 10.2 Å². The Labute approximate surface area is 203 Å². The molecule has 1 heterocycles. The zero-order valence-corrected chi connectivity index (χ0v) is 19.4. The van der Waals surface area contributed by atoms with E-state index in [-0.39, 0.29) is 24.0 Å². The molecule has 0 fully saturated rings. The van der Waals surface area contributed by atoms with E-state index in [4.69, 9.17) is 4.74 Å². The van der Waals surface area contributed by atoms with Gasteiger partial charge in [-0.15, -0.1) is 0 Å². The molecule has 0 radical (unpaired) electrons. The van der Waals surface area contributed by atoms with Crippen molar-refractivity contribution in [2.75, 3.05) is 13.2 Å². The summed E-state index contributed by atoms with van der Waals surface area (Å²) in [6.07, 6.45) is -0.181. The molecule has 1 aliphatic heterocycles. The van der Waals surface area contributed by atoms with Gasteiger partial charge >= 0.3 is 12.1 Å². The number of carboxylic acids is 1. The van der Waals surface area contributed by atoms with Crippen LogP contribution in [-0.4, -0.2) is 47.2 Å². The first kappa shape index (κ1) is 22.7. The standard InChI is InChI=1S/C28H26N2O5/c1-17(26(31)30-14-13-19-18(15-30)7-6-12-24(19)27(32)33)29-28(34)35-16-25-22-10-4-2-8-20(22)21-9-3-5-11-23(21)25/h2-12,17,25H,13-16H2,1H3,(H,29,34)(H,32,33)/t17-/m1/s1. The molecule has 0 saturated heterocycles. The van der Waals surface area contributed by atoms with Gasteiger partial charge in [0.05, 0.1) is 5.56 Å². The number of fused-ring (bicyclic) bond motifs is 4. The van der Waals surface area contributed by atoms with Crippen molar-refractivity contribution in [1.29, 1.82) is 0 Å². The zero-order valence-electron chi connectivity index (χ0n) is 19.4. The third kappa shape index (κ3) is 4.25. The van der Waals surface area contributed by atoms with E-state index in [1.165, 1.54) is 0 Å². The summed E-state index contributed by atoms with van der Waals surface area (Å²) in [7, 11) is 0. The Hall–Kier alpha value is -4.13. The minimum Gasteiger partial charge on any atom is -0.478 e. The maximum absolute atomic E-state index is 13.0. The highest BCUT2D eigenvalue weighted by atomic mass is 16.5. The molecular formula is C28H26N2O5. The highest BCUT2D eigenvalue weighted by molar-refractivity contribution is 5.90. The van der Waals surface area contributed by atoms with Gasteiger partial charge in [-0.3, -0.25) is 4.79 Å². The average molecular weight is 471 g/mol. The number of carboxylic acid groups (broad SMARTS) is 1. The first-order chi connectivity index (χ1) is 16.9. The van der Waals surface area contributed by atoms with Gasteiger partial charge in [0.2, 0.25) is 5.91 Å². The summed E-state index contributed by atoms with van der Waals surface area (Å²) >= 11 is 0. The molecule has 7 nitrogen and oxygen atoms in total. The van der Waals surface area contributed by atoms with Gasteiger partial charge in [0, 0.05) is 19.0 Å². The number of hydrogen-bond acceptors (Lipinski definition) is 4. The normalized spacial score (nSPS) is 14.9. The van der Waals surface area contributed by atoms with Crippen LogP contribution >= 0.6 is 0 Å². The Balaban J connectivity index is 1.20. The van der Waals surface area contributed by atoms with E-state index in [1.54, 1.807) is 24.0 Å². The maximum Gasteiger partial charge on any atom is 0.407 e. The van der Waals surface area contributed by atoms with Crippen molar-refractivity contribution in [2.45, 2.75) is 31.8 Å². The Morgan fingerprint density at radius 3 is 2.31 bits per heavy atom. The molecule has 5 rings (SSSR count). The molecule has 0 spiro atoms. The van der Waals surface area contributed by atoms with Gasteiger partial charge in [-0.1, -0.05) is 60.7 Å². The molecule has 3 aromatic carbocycles. The van der Waals surface area contributed by atoms with Crippen LogP contribution in [0.3, 0.4) is 0 Å². The maximum atomic E-state index is 13.0. The number of aromatic carboxylic acids is 1. The van der Waals surface area contributed by atoms with Crippen molar-refractivity contribution < 1.29 is 24.2 Å². The number of hydrogen-bond donors (Lipinski definition) is 2. The molecule has 0 bridgehead atoms. The lowest BCUT2D eigenvalue weighted by Gasteiger charge is -2.31. The number of carbonyl (C=O) groups excluding carboxylic acids is 2. The number of rotatable bonds is 5. The van der Waals surface area contributed by atoms with Gasteiger partial charge in [-0.05, 0) is 52.8 Å². The van der Waals surface area contributed by atoms with Crippen molar-refractivity contribution in [3.8, 4) is 11.1 Å². The Kier molecular flexibility index (Phi) is 5.99. The van der Waals surface area contributed by atoms with Crippen molar-refractivity contribution in [3.05, 3.63) is 94.5 Å².